The van der Waals surface area contributed by atoms with E-state index in [1.165, 1.54) is 12.1 Å². The molecule has 5 nitrogen and oxygen atoms in total. The number of halogens is 2. The van der Waals surface area contributed by atoms with Gasteiger partial charge in [-0.3, -0.25) is 9.52 Å². The highest BCUT2D eigenvalue weighted by molar-refractivity contribution is 7.93. The van der Waals surface area contributed by atoms with Crippen LogP contribution >= 0.6 is 23.2 Å². The molecule has 0 saturated carbocycles. The molecule has 0 fully saturated rings. The maximum absolute atomic E-state index is 12.6. The van der Waals surface area contributed by atoms with Crippen LogP contribution in [0.1, 0.15) is 11.1 Å². The van der Waals surface area contributed by atoms with Crippen LogP contribution in [0.4, 0.5) is 11.4 Å². The molecule has 0 saturated heterocycles. The Morgan fingerprint density at radius 1 is 0.897 bits per heavy atom. The minimum Gasteiger partial charge on any atom is -0.326 e. The Labute approximate surface area is 179 Å². The fourth-order valence-corrected chi connectivity index (χ4v) is 4.93. The van der Waals surface area contributed by atoms with E-state index in [9.17, 15) is 13.2 Å². The van der Waals surface area contributed by atoms with Crippen molar-refractivity contribution in [3.63, 3.8) is 0 Å². The molecule has 3 rings (SSSR count). The number of hydrogen-bond acceptors (Lipinski definition) is 3. The normalized spacial score (nSPS) is 11.1. The van der Waals surface area contributed by atoms with E-state index in [0.717, 1.165) is 16.8 Å². The average molecular weight is 449 g/mol. The van der Waals surface area contributed by atoms with Gasteiger partial charge in [-0.25, -0.2) is 8.42 Å². The van der Waals surface area contributed by atoms with Gasteiger partial charge < -0.3 is 5.32 Å². The lowest BCUT2D eigenvalue weighted by Gasteiger charge is -2.12. The number of sulfonamides is 1. The molecule has 29 heavy (non-hydrogen) atoms. The third kappa shape index (κ3) is 5.29. The summed E-state index contributed by atoms with van der Waals surface area (Å²) < 4.78 is 27.6. The summed E-state index contributed by atoms with van der Waals surface area (Å²) in [5.74, 6) is -0.157. The average Bonchev–Trinajstić information content (AvgIpc) is 2.64. The number of carbonyl (C=O) groups excluding carboxylic acids is 1. The van der Waals surface area contributed by atoms with Gasteiger partial charge in [0.05, 0.1) is 16.5 Å². The van der Waals surface area contributed by atoms with Crippen molar-refractivity contribution in [1.82, 2.24) is 0 Å². The molecule has 0 spiro atoms. The van der Waals surface area contributed by atoms with Crippen LogP contribution < -0.4 is 10.0 Å². The molecule has 0 aliphatic heterocycles. The van der Waals surface area contributed by atoms with Crippen LogP contribution in [0.15, 0.2) is 71.6 Å². The van der Waals surface area contributed by atoms with Crippen LogP contribution in [0.5, 0.6) is 0 Å². The molecular weight excluding hydrogens is 431 g/mol. The molecule has 0 heterocycles. The van der Waals surface area contributed by atoms with E-state index in [1.54, 1.807) is 30.3 Å². The first-order valence-electron chi connectivity index (χ1n) is 8.67. The first kappa shape index (κ1) is 21.2. The smallest absolute Gasteiger partial charge is 0.264 e. The lowest BCUT2D eigenvalue weighted by molar-refractivity contribution is -0.115. The molecule has 0 aliphatic rings. The summed E-state index contributed by atoms with van der Waals surface area (Å²) >= 11 is 12.0. The second kappa shape index (κ2) is 8.86. The first-order chi connectivity index (χ1) is 13.8. The Bertz CT molecular complexity index is 1130. The van der Waals surface area contributed by atoms with Gasteiger partial charge in [0.15, 0.2) is 0 Å². The van der Waals surface area contributed by atoms with E-state index >= 15 is 0 Å². The van der Waals surface area contributed by atoms with Crippen molar-refractivity contribution < 1.29 is 13.2 Å². The van der Waals surface area contributed by atoms with Crippen LogP contribution in [0.2, 0.25) is 10.0 Å². The largest absolute Gasteiger partial charge is 0.326 e. The number of carbonyl (C=O) groups is 1. The Morgan fingerprint density at radius 3 is 2.14 bits per heavy atom. The predicted octanol–water partition coefficient (Wildman–Crippen LogP) is 5.28. The van der Waals surface area contributed by atoms with Gasteiger partial charge in [-0.2, -0.15) is 0 Å². The number of amides is 1. The minimum absolute atomic E-state index is 0.0366. The van der Waals surface area contributed by atoms with Gasteiger partial charge in [-0.15, -0.1) is 0 Å². The second-order valence-corrected chi connectivity index (χ2v) is 8.83. The summed E-state index contributed by atoms with van der Waals surface area (Å²) in [5.41, 5.74) is 2.82. The predicted molar refractivity (Wildman–Crippen MR) is 117 cm³/mol. The van der Waals surface area contributed by atoms with Crippen LogP contribution in [-0.4, -0.2) is 14.3 Å². The van der Waals surface area contributed by atoms with E-state index in [2.05, 4.69) is 10.0 Å². The van der Waals surface area contributed by atoms with Crippen molar-refractivity contribution in [3.05, 3.63) is 87.9 Å². The van der Waals surface area contributed by atoms with E-state index in [1.807, 2.05) is 31.2 Å². The highest BCUT2D eigenvalue weighted by atomic mass is 35.5. The molecule has 0 atom stereocenters. The van der Waals surface area contributed by atoms with Crippen molar-refractivity contribution in [2.45, 2.75) is 18.2 Å². The van der Waals surface area contributed by atoms with Crippen LogP contribution in [0.3, 0.4) is 0 Å². The number of anilines is 2. The van der Waals surface area contributed by atoms with Crippen LogP contribution in [0, 0.1) is 6.92 Å². The minimum atomic E-state index is -3.95. The molecule has 0 aliphatic carbocycles. The molecule has 0 bridgehead atoms. The van der Waals surface area contributed by atoms with Gasteiger partial charge in [-0.1, -0.05) is 59.6 Å². The third-order valence-corrected chi connectivity index (χ3v) is 6.51. The summed E-state index contributed by atoms with van der Waals surface area (Å²) in [6.45, 7) is 1.92. The molecule has 150 valence electrons. The van der Waals surface area contributed by atoms with Crippen molar-refractivity contribution in [1.29, 1.82) is 0 Å². The summed E-state index contributed by atoms with van der Waals surface area (Å²) in [4.78, 5) is 12.1. The third-order valence-electron chi connectivity index (χ3n) is 4.18. The Kier molecular flexibility index (Phi) is 6.47. The Morgan fingerprint density at radius 2 is 1.52 bits per heavy atom. The number of para-hydroxylation sites is 1. The van der Waals surface area contributed by atoms with Gasteiger partial charge in [0.2, 0.25) is 5.91 Å². The zero-order chi connectivity index (χ0) is 21.0. The maximum Gasteiger partial charge on any atom is 0.264 e. The zero-order valence-electron chi connectivity index (χ0n) is 15.4. The molecule has 1 amide bonds. The highest BCUT2D eigenvalue weighted by Crippen LogP contribution is 2.30. The number of rotatable bonds is 6. The fraction of sp³-hybridized carbons (Fsp3) is 0.0952. The van der Waals surface area contributed by atoms with Gasteiger partial charge >= 0.3 is 0 Å². The molecule has 0 radical (unpaired) electrons. The number of aryl methyl sites for hydroxylation is 1. The van der Waals surface area contributed by atoms with Crippen molar-refractivity contribution in [3.8, 4) is 0 Å². The lowest BCUT2D eigenvalue weighted by atomic mass is 10.1. The lowest BCUT2D eigenvalue weighted by Crippen LogP contribution is -2.16. The number of benzene rings is 3. The summed E-state index contributed by atoms with van der Waals surface area (Å²) in [7, 11) is -3.95. The Balaban J connectivity index is 1.69. The van der Waals surface area contributed by atoms with E-state index < -0.39 is 10.0 Å². The van der Waals surface area contributed by atoms with Gasteiger partial charge in [-0.05, 0) is 48.4 Å². The highest BCUT2D eigenvalue weighted by Gasteiger charge is 2.21. The Hall–Kier alpha value is -2.54. The zero-order valence-corrected chi connectivity index (χ0v) is 17.8. The summed E-state index contributed by atoms with van der Waals surface area (Å²) in [6, 6.07) is 18.5. The second-order valence-electron chi connectivity index (χ2n) is 6.39. The first-order valence-corrected chi connectivity index (χ1v) is 10.9. The number of hydrogen-bond donors (Lipinski definition) is 2. The standard InChI is InChI=1S/C21H18Cl2N2O3S/c1-14-5-2-3-8-19(14)24-20(26)13-15-9-11-16(12-10-15)25-29(27,28)21-17(22)6-4-7-18(21)23/h2-12,25H,13H2,1H3,(H,24,26). The van der Waals surface area contributed by atoms with E-state index in [4.69, 9.17) is 23.2 Å². The van der Waals surface area contributed by atoms with Crippen LogP contribution in [0.25, 0.3) is 0 Å². The van der Waals surface area contributed by atoms with Gasteiger partial charge in [0.1, 0.15) is 4.90 Å². The van der Waals surface area contributed by atoms with Crippen molar-refractivity contribution in [2.75, 3.05) is 10.0 Å². The molecule has 3 aromatic rings. The molecule has 3 aromatic carbocycles. The summed E-state index contributed by atoms with van der Waals surface area (Å²) in [5, 5.41) is 2.94. The molecule has 0 aromatic heterocycles. The van der Waals surface area contributed by atoms with Crippen molar-refractivity contribution >= 4 is 50.5 Å². The SMILES string of the molecule is Cc1ccccc1NC(=O)Cc1ccc(NS(=O)(=O)c2c(Cl)cccc2Cl)cc1. The number of nitrogens with one attached hydrogen (secondary N) is 2. The van der Waals surface area contributed by atoms with Crippen LogP contribution in [-0.2, 0) is 21.2 Å². The van der Waals surface area contributed by atoms with Crippen molar-refractivity contribution in [2.24, 2.45) is 0 Å². The molecule has 0 unspecified atom stereocenters. The fourth-order valence-electron chi connectivity index (χ4n) is 2.73. The maximum atomic E-state index is 12.6. The van der Waals surface area contributed by atoms with E-state index in [0.29, 0.717) is 5.69 Å². The summed E-state index contributed by atoms with van der Waals surface area (Å²) in [6.07, 6.45) is 0.164. The molecule has 2 N–H and O–H groups in total. The topological polar surface area (TPSA) is 75.3 Å². The van der Waals surface area contributed by atoms with Gasteiger partial charge in [0.25, 0.3) is 10.0 Å². The quantitative estimate of drug-likeness (QED) is 0.538. The molecular formula is C21H18Cl2N2O3S. The molecule has 8 heteroatoms. The van der Waals surface area contributed by atoms with E-state index in [-0.39, 0.29) is 27.3 Å². The monoisotopic (exact) mass is 448 g/mol. The van der Waals surface area contributed by atoms with Gasteiger partial charge in [0, 0.05) is 11.4 Å².